The third-order valence-corrected chi connectivity index (χ3v) is 2.76. The summed E-state index contributed by atoms with van der Waals surface area (Å²) in [5.41, 5.74) is 4.04. The first-order valence-electron chi connectivity index (χ1n) is 4.82. The van der Waals surface area contributed by atoms with Crippen molar-refractivity contribution in [3.05, 3.63) is 11.6 Å². The summed E-state index contributed by atoms with van der Waals surface area (Å²) in [7, 11) is 1.75. The van der Waals surface area contributed by atoms with Crippen LogP contribution < -0.4 is 5.43 Å². The smallest absolute Gasteiger partial charge is 0.148 e. The van der Waals surface area contributed by atoms with Crippen molar-refractivity contribution in [2.45, 2.75) is 32.6 Å². The SMILES string of the molecule is CN/N=C(Cl)\C=C(/C)C1CCCC1. The summed E-state index contributed by atoms with van der Waals surface area (Å²) in [6, 6.07) is 0. The maximum atomic E-state index is 5.87. The third-order valence-electron chi connectivity index (χ3n) is 2.56. The molecule has 1 fully saturated rings. The normalized spacial score (nSPS) is 20.8. The molecule has 0 aromatic rings. The highest BCUT2D eigenvalue weighted by molar-refractivity contribution is 6.68. The molecule has 0 atom stereocenters. The average Bonchev–Trinajstić information content (AvgIpc) is 2.55. The van der Waals surface area contributed by atoms with E-state index in [4.69, 9.17) is 11.6 Å². The Morgan fingerprint density at radius 1 is 1.46 bits per heavy atom. The van der Waals surface area contributed by atoms with E-state index in [1.807, 2.05) is 6.08 Å². The van der Waals surface area contributed by atoms with Gasteiger partial charge in [0.05, 0.1) is 0 Å². The van der Waals surface area contributed by atoms with Gasteiger partial charge in [-0.1, -0.05) is 30.0 Å². The Morgan fingerprint density at radius 3 is 2.62 bits per heavy atom. The molecule has 1 N–H and O–H groups in total. The summed E-state index contributed by atoms with van der Waals surface area (Å²) in [6.07, 6.45) is 7.30. The van der Waals surface area contributed by atoms with Crippen molar-refractivity contribution >= 4 is 16.8 Å². The van der Waals surface area contributed by atoms with Gasteiger partial charge in [-0.3, -0.25) is 0 Å². The van der Waals surface area contributed by atoms with Gasteiger partial charge >= 0.3 is 0 Å². The van der Waals surface area contributed by atoms with Gasteiger partial charge in [0, 0.05) is 7.05 Å². The Kier molecular flexibility index (Phi) is 4.29. The number of halogens is 1. The van der Waals surface area contributed by atoms with Crippen molar-refractivity contribution in [1.29, 1.82) is 0 Å². The Hall–Kier alpha value is -0.500. The molecule has 1 rings (SSSR count). The predicted octanol–water partition coefficient (Wildman–Crippen LogP) is 2.89. The molecule has 1 aliphatic rings. The van der Waals surface area contributed by atoms with Crippen LogP contribution in [0.25, 0.3) is 0 Å². The number of hydrogen-bond acceptors (Lipinski definition) is 2. The van der Waals surface area contributed by atoms with E-state index >= 15 is 0 Å². The van der Waals surface area contributed by atoms with Crippen LogP contribution in [0.1, 0.15) is 32.6 Å². The van der Waals surface area contributed by atoms with Gasteiger partial charge in [0.2, 0.25) is 0 Å². The van der Waals surface area contributed by atoms with E-state index in [2.05, 4.69) is 17.5 Å². The molecule has 0 bridgehead atoms. The predicted molar refractivity (Wildman–Crippen MR) is 58.1 cm³/mol. The molecule has 2 nitrogen and oxygen atoms in total. The number of nitrogens with zero attached hydrogens (tertiary/aromatic N) is 1. The van der Waals surface area contributed by atoms with E-state index in [0.29, 0.717) is 5.17 Å². The van der Waals surface area contributed by atoms with Crippen LogP contribution >= 0.6 is 11.6 Å². The molecule has 1 aliphatic carbocycles. The lowest BCUT2D eigenvalue weighted by Gasteiger charge is -2.08. The van der Waals surface area contributed by atoms with Gasteiger partial charge in [-0.15, -0.1) is 0 Å². The van der Waals surface area contributed by atoms with Gasteiger partial charge in [-0.05, 0) is 31.8 Å². The monoisotopic (exact) mass is 200 g/mol. The highest BCUT2D eigenvalue weighted by atomic mass is 35.5. The fourth-order valence-corrected chi connectivity index (χ4v) is 2.08. The molecule has 3 heteroatoms. The van der Waals surface area contributed by atoms with Gasteiger partial charge in [0.1, 0.15) is 5.17 Å². The first-order chi connectivity index (χ1) is 6.24. The zero-order valence-corrected chi connectivity index (χ0v) is 9.06. The average molecular weight is 201 g/mol. The molecule has 0 unspecified atom stereocenters. The summed E-state index contributed by atoms with van der Waals surface area (Å²) in [4.78, 5) is 0. The molecule has 74 valence electrons. The molecule has 0 aliphatic heterocycles. The van der Waals surface area contributed by atoms with E-state index in [1.165, 1.54) is 31.3 Å². The molecular formula is C10H17ClN2. The summed E-state index contributed by atoms with van der Waals surface area (Å²) in [5.74, 6) is 0.737. The molecule has 0 saturated heterocycles. The summed E-state index contributed by atoms with van der Waals surface area (Å²) in [5, 5.41) is 4.44. The first-order valence-corrected chi connectivity index (χ1v) is 5.20. The number of allylic oxidation sites excluding steroid dienone is 2. The Morgan fingerprint density at radius 2 is 2.08 bits per heavy atom. The second kappa shape index (κ2) is 5.28. The lowest BCUT2D eigenvalue weighted by atomic mass is 9.99. The lowest BCUT2D eigenvalue weighted by Crippen LogP contribution is -2.00. The minimum Gasteiger partial charge on any atom is -0.312 e. The Balaban J connectivity index is 2.53. The Labute approximate surface area is 85.0 Å². The van der Waals surface area contributed by atoms with Crippen LogP contribution in [0.15, 0.2) is 16.8 Å². The largest absolute Gasteiger partial charge is 0.312 e. The maximum absolute atomic E-state index is 5.87. The minimum absolute atomic E-state index is 0.548. The summed E-state index contributed by atoms with van der Waals surface area (Å²) < 4.78 is 0. The van der Waals surface area contributed by atoms with Crippen LogP contribution in [0.3, 0.4) is 0 Å². The van der Waals surface area contributed by atoms with Crippen LogP contribution in [0.5, 0.6) is 0 Å². The standard InChI is InChI=1S/C10H17ClN2/c1-8(7-10(11)13-12-2)9-5-3-4-6-9/h7,9,12H,3-6H2,1-2H3/b8-7+,13-10+. The second-order valence-electron chi connectivity index (χ2n) is 3.53. The zero-order chi connectivity index (χ0) is 9.68. The molecule has 0 heterocycles. The fourth-order valence-electron chi connectivity index (χ4n) is 1.83. The highest BCUT2D eigenvalue weighted by Gasteiger charge is 2.16. The van der Waals surface area contributed by atoms with Crippen LogP contribution in [0.2, 0.25) is 0 Å². The number of rotatable bonds is 3. The first kappa shape index (κ1) is 10.6. The van der Waals surface area contributed by atoms with Gasteiger partial charge in [0.25, 0.3) is 0 Å². The van der Waals surface area contributed by atoms with Crippen molar-refractivity contribution in [3.8, 4) is 0 Å². The van der Waals surface area contributed by atoms with Crippen molar-refractivity contribution in [2.75, 3.05) is 7.05 Å². The molecule has 0 aromatic heterocycles. The van der Waals surface area contributed by atoms with E-state index in [1.54, 1.807) is 7.05 Å². The number of hydrazone groups is 1. The molecular weight excluding hydrogens is 184 g/mol. The molecule has 0 radical (unpaired) electrons. The van der Waals surface area contributed by atoms with Gasteiger partial charge in [0.15, 0.2) is 0 Å². The van der Waals surface area contributed by atoms with Gasteiger partial charge < -0.3 is 5.43 Å². The van der Waals surface area contributed by atoms with Crippen LogP contribution in [-0.2, 0) is 0 Å². The minimum atomic E-state index is 0.548. The number of nitrogens with one attached hydrogen (secondary N) is 1. The van der Waals surface area contributed by atoms with Crippen molar-refractivity contribution in [2.24, 2.45) is 11.0 Å². The van der Waals surface area contributed by atoms with Crippen molar-refractivity contribution in [1.82, 2.24) is 5.43 Å². The van der Waals surface area contributed by atoms with Crippen LogP contribution in [0, 0.1) is 5.92 Å². The summed E-state index contributed by atoms with van der Waals surface area (Å²) >= 11 is 5.87. The highest BCUT2D eigenvalue weighted by Crippen LogP contribution is 2.30. The molecule has 0 aromatic carbocycles. The van der Waals surface area contributed by atoms with Crippen molar-refractivity contribution < 1.29 is 0 Å². The van der Waals surface area contributed by atoms with Crippen molar-refractivity contribution in [3.63, 3.8) is 0 Å². The van der Waals surface area contributed by atoms with E-state index in [9.17, 15) is 0 Å². The second-order valence-corrected chi connectivity index (χ2v) is 3.92. The molecule has 13 heavy (non-hydrogen) atoms. The quantitative estimate of drug-likeness (QED) is 0.550. The molecule has 0 amide bonds. The van der Waals surface area contributed by atoms with E-state index in [-0.39, 0.29) is 0 Å². The maximum Gasteiger partial charge on any atom is 0.148 e. The topological polar surface area (TPSA) is 24.4 Å². The van der Waals surface area contributed by atoms with Crippen LogP contribution in [-0.4, -0.2) is 12.2 Å². The molecule has 0 spiro atoms. The molecule has 1 saturated carbocycles. The third kappa shape index (κ3) is 3.39. The fraction of sp³-hybridized carbons (Fsp3) is 0.700. The Bertz CT molecular complexity index is 215. The van der Waals surface area contributed by atoms with E-state index < -0.39 is 0 Å². The lowest BCUT2D eigenvalue weighted by molar-refractivity contribution is 0.643. The number of hydrogen-bond donors (Lipinski definition) is 1. The van der Waals surface area contributed by atoms with Gasteiger partial charge in [-0.2, -0.15) is 5.10 Å². The van der Waals surface area contributed by atoms with Gasteiger partial charge in [-0.25, -0.2) is 0 Å². The summed E-state index contributed by atoms with van der Waals surface area (Å²) in [6.45, 7) is 2.14. The zero-order valence-electron chi connectivity index (χ0n) is 8.31. The van der Waals surface area contributed by atoms with E-state index in [0.717, 1.165) is 5.92 Å². The van der Waals surface area contributed by atoms with Crippen LogP contribution in [0.4, 0.5) is 0 Å².